The zero-order valence-electron chi connectivity index (χ0n) is 12.8. The fraction of sp³-hybridized carbons (Fsp3) is 0.133. The van der Waals surface area contributed by atoms with Crippen molar-refractivity contribution < 1.29 is 19.1 Å². The number of rotatable bonds is 5. The highest BCUT2D eigenvalue weighted by atomic mass is 16.5. The van der Waals surface area contributed by atoms with E-state index in [0.29, 0.717) is 11.4 Å². The lowest BCUT2D eigenvalue weighted by Crippen LogP contribution is -2.22. The molecule has 1 aromatic heterocycles. The molecule has 0 aliphatic heterocycles. The summed E-state index contributed by atoms with van der Waals surface area (Å²) in [6.45, 7) is 0.863. The Hall–Kier alpha value is -3.49. The first-order chi connectivity index (χ1) is 11.5. The molecule has 1 heterocycles. The Bertz CT molecular complexity index is 778. The largest absolute Gasteiger partial charge is 0.451 e. The Morgan fingerprint density at radius 1 is 1.12 bits per heavy atom. The summed E-state index contributed by atoms with van der Waals surface area (Å²) in [6, 6.07) is 6.54. The predicted molar refractivity (Wildman–Crippen MR) is 86.1 cm³/mol. The maximum absolute atomic E-state index is 11.8. The Morgan fingerprint density at radius 3 is 2.46 bits per heavy atom. The molecule has 0 spiro atoms. The molecule has 0 atom stereocenters. The van der Waals surface area contributed by atoms with Crippen molar-refractivity contribution in [3.05, 3.63) is 42.4 Å². The van der Waals surface area contributed by atoms with Crippen LogP contribution in [0.2, 0.25) is 0 Å². The molecule has 0 radical (unpaired) electrons. The van der Waals surface area contributed by atoms with Crippen LogP contribution in [0, 0.1) is 0 Å². The van der Waals surface area contributed by atoms with Crippen LogP contribution in [-0.2, 0) is 14.3 Å². The fourth-order valence-corrected chi connectivity index (χ4v) is 1.78. The molecule has 124 valence electrons. The van der Waals surface area contributed by atoms with E-state index >= 15 is 0 Å². The third-order valence-corrected chi connectivity index (χ3v) is 2.72. The molecule has 9 heteroatoms. The zero-order chi connectivity index (χ0) is 17.5. The van der Waals surface area contributed by atoms with Crippen molar-refractivity contribution in [1.82, 2.24) is 9.97 Å². The number of hydrogen-bond acceptors (Lipinski definition) is 7. The van der Waals surface area contributed by atoms with Crippen LogP contribution in [0.3, 0.4) is 0 Å². The number of esters is 1. The average Bonchev–Trinajstić information content (AvgIpc) is 2.53. The molecule has 0 fully saturated rings. The summed E-state index contributed by atoms with van der Waals surface area (Å²) in [4.78, 5) is 42.1. The number of hydrogen-bond donors (Lipinski definition) is 3. The molecule has 1 aromatic carbocycles. The normalized spacial score (nSPS) is 9.88. The second kappa shape index (κ2) is 7.68. The van der Waals surface area contributed by atoms with Crippen LogP contribution >= 0.6 is 0 Å². The van der Waals surface area contributed by atoms with Gasteiger partial charge in [0, 0.05) is 30.7 Å². The lowest BCUT2D eigenvalue weighted by Gasteiger charge is -2.08. The lowest BCUT2D eigenvalue weighted by atomic mass is 10.2. The summed E-state index contributed by atoms with van der Waals surface area (Å²) in [7, 11) is 0. The first-order valence-electron chi connectivity index (χ1n) is 6.87. The van der Waals surface area contributed by atoms with Crippen molar-refractivity contribution >= 4 is 35.0 Å². The SMILES string of the molecule is CC(=O)Nc1cccc(NC(=O)COC(=O)c2nccnc2N)c1. The number of nitrogens with zero attached hydrogens (tertiary/aromatic N) is 2. The van der Waals surface area contributed by atoms with Crippen LogP contribution in [0.1, 0.15) is 17.4 Å². The first kappa shape index (κ1) is 16.9. The predicted octanol–water partition coefficient (Wildman–Crippen LogP) is 0.813. The summed E-state index contributed by atoms with van der Waals surface area (Å²) in [5, 5.41) is 5.13. The molecular weight excluding hydrogens is 314 g/mol. The smallest absolute Gasteiger partial charge is 0.361 e. The second-order valence-corrected chi connectivity index (χ2v) is 4.68. The summed E-state index contributed by atoms with van der Waals surface area (Å²) < 4.78 is 4.83. The van der Waals surface area contributed by atoms with E-state index in [4.69, 9.17) is 10.5 Å². The van der Waals surface area contributed by atoms with Crippen LogP contribution < -0.4 is 16.4 Å². The summed E-state index contributed by atoms with van der Waals surface area (Å²) >= 11 is 0. The number of nitrogen functional groups attached to an aromatic ring is 1. The minimum Gasteiger partial charge on any atom is -0.451 e. The van der Waals surface area contributed by atoms with Gasteiger partial charge in [0.25, 0.3) is 5.91 Å². The molecule has 0 bridgehead atoms. The van der Waals surface area contributed by atoms with Crippen LogP contribution in [0.5, 0.6) is 0 Å². The number of aromatic nitrogens is 2. The van der Waals surface area contributed by atoms with Gasteiger partial charge >= 0.3 is 5.97 Å². The topological polar surface area (TPSA) is 136 Å². The molecule has 2 aromatic rings. The molecule has 2 rings (SSSR count). The Morgan fingerprint density at radius 2 is 1.79 bits per heavy atom. The standard InChI is InChI=1S/C15H15N5O4/c1-9(21)19-10-3-2-4-11(7-10)20-12(22)8-24-15(23)13-14(16)18-6-5-17-13/h2-7H,8H2,1H3,(H2,16,18)(H,19,21)(H,20,22). The van der Waals surface area contributed by atoms with Gasteiger partial charge in [0.2, 0.25) is 5.91 Å². The number of carbonyl (C=O) groups excluding carboxylic acids is 3. The third kappa shape index (κ3) is 4.77. The van der Waals surface area contributed by atoms with Crippen molar-refractivity contribution in [2.45, 2.75) is 6.92 Å². The summed E-state index contributed by atoms with van der Waals surface area (Å²) in [5.74, 6) is -1.70. The molecule has 0 aliphatic carbocycles. The van der Waals surface area contributed by atoms with Gasteiger partial charge in [-0.05, 0) is 18.2 Å². The van der Waals surface area contributed by atoms with E-state index in [-0.39, 0.29) is 17.4 Å². The molecule has 0 aliphatic rings. The monoisotopic (exact) mass is 329 g/mol. The minimum atomic E-state index is -0.845. The van der Waals surface area contributed by atoms with Gasteiger partial charge in [-0.1, -0.05) is 6.07 Å². The molecule has 24 heavy (non-hydrogen) atoms. The van der Waals surface area contributed by atoms with Gasteiger partial charge in [0.05, 0.1) is 0 Å². The minimum absolute atomic E-state index is 0.0779. The van der Waals surface area contributed by atoms with Crippen LogP contribution in [-0.4, -0.2) is 34.4 Å². The molecule has 0 unspecified atom stereocenters. The number of nitrogens with two attached hydrogens (primary N) is 1. The highest BCUT2D eigenvalue weighted by molar-refractivity contribution is 5.97. The maximum atomic E-state index is 11.8. The average molecular weight is 329 g/mol. The van der Waals surface area contributed by atoms with E-state index in [1.54, 1.807) is 24.3 Å². The van der Waals surface area contributed by atoms with Gasteiger partial charge in [-0.2, -0.15) is 0 Å². The van der Waals surface area contributed by atoms with Crippen molar-refractivity contribution in [3.63, 3.8) is 0 Å². The van der Waals surface area contributed by atoms with Crippen molar-refractivity contribution in [1.29, 1.82) is 0 Å². The third-order valence-electron chi connectivity index (χ3n) is 2.72. The Kier molecular flexibility index (Phi) is 5.40. The number of nitrogens with one attached hydrogen (secondary N) is 2. The van der Waals surface area contributed by atoms with Gasteiger partial charge in [0.1, 0.15) is 0 Å². The quantitative estimate of drug-likeness (QED) is 0.690. The van der Waals surface area contributed by atoms with Crippen LogP contribution in [0.15, 0.2) is 36.7 Å². The summed E-state index contributed by atoms with van der Waals surface area (Å²) in [5.41, 5.74) is 6.32. The highest BCUT2D eigenvalue weighted by Gasteiger charge is 2.15. The maximum Gasteiger partial charge on any atom is 0.361 e. The van der Waals surface area contributed by atoms with Crippen LogP contribution in [0.4, 0.5) is 17.2 Å². The number of ether oxygens (including phenoxy) is 1. The number of anilines is 3. The summed E-state index contributed by atoms with van der Waals surface area (Å²) in [6.07, 6.45) is 2.63. The van der Waals surface area contributed by atoms with Crippen molar-refractivity contribution in [3.8, 4) is 0 Å². The number of benzene rings is 1. The molecule has 0 saturated heterocycles. The highest BCUT2D eigenvalue weighted by Crippen LogP contribution is 2.15. The van der Waals surface area contributed by atoms with E-state index in [1.807, 2.05) is 0 Å². The van der Waals surface area contributed by atoms with E-state index in [2.05, 4.69) is 20.6 Å². The number of amides is 2. The van der Waals surface area contributed by atoms with E-state index in [0.717, 1.165) is 0 Å². The van der Waals surface area contributed by atoms with E-state index in [9.17, 15) is 14.4 Å². The van der Waals surface area contributed by atoms with Gasteiger partial charge in [-0.3, -0.25) is 9.59 Å². The fourth-order valence-electron chi connectivity index (χ4n) is 1.78. The van der Waals surface area contributed by atoms with E-state index in [1.165, 1.54) is 19.3 Å². The molecule has 9 nitrogen and oxygen atoms in total. The molecular formula is C15H15N5O4. The number of carbonyl (C=O) groups is 3. The van der Waals surface area contributed by atoms with Gasteiger partial charge in [0.15, 0.2) is 18.1 Å². The zero-order valence-corrected chi connectivity index (χ0v) is 12.8. The molecule has 0 saturated carbocycles. The lowest BCUT2D eigenvalue weighted by molar-refractivity contribution is -0.119. The second-order valence-electron chi connectivity index (χ2n) is 4.68. The molecule has 2 amide bonds. The van der Waals surface area contributed by atoms with Gasteiger partial charge < -0.3 is 21.1 Å². The first-order valence-corrected chi connectivity index (χ1v) is 6.87. The van der Waals surface area contributed by atoms with E-state index < -0.39 is 18.5 Å². The van der Waals surface area contributed by atoms with Gasteiger partial charge in [-0.15, -0.1) is 0 Å². The van der Waals surface area contributed by atoms with Crippen molar-refractivity contribution in [2.24, 2.45) is 0 Å². The van der Waals surface area contributed by atoms with Gasteiger partial charge in [-0.25, -0.2) is 14.8 Å². The Balaban J connectivity index is 1.91. The van der Waals surface area contributed by atoms with Crippen molar-refractivity contribution in [2.75, 3.05) is 23.0 Å². The van der Waals surface area contributed by atoms with Crippen LogP contribution in [0.25, 0.3) is 0 Å². The Labute approximate surface area is 137 Å². The molecule has 4 N–H and O–H groups in total.